The molecular weight excluding hydrogens is 226 g/mol. The Hall–Kier alpha value is -0.840. The SMILES string of the molecule is CCC1CN(C)CCCN1Cc1cc(CN)co1. The fourth-order valence-electron chi connectivity index (χ4n) is 2.70. The van der Waals surface area contributed by atoms with Crippen molar-refractivity contribution in [2.45, 2.75) is 38.9 Å². The summed E-state index contributed by atoms with van der Waals surface area (Å²) in [6, 6.07) is 2.71. The normalized spacial score (nSPS) is 23.2. The predicted molar refractivity (Wildman–Crippen MR) is 73.2 cm³/mol. The van der Waals surface area contributed by atoms with Crippen LogP contribution in [0, 0.1) is 0 Å². The molecular formula is C14H25N3O. The van der Waals surface area contributed by atoms with E-state index >= 15 is 0 Å². The quantitative estimate of drug-likeness (QED) is 0.884. The van der Waals surface area contributed by atoms with Gasteiger partial charge in [0.05, 0.1) is 12.8 Å². The summed E-state index contributed by atoms with van der Waals surface area (Å²) < 4.78 is 5.58. The molecule has 1 fully saturated rings. The largest absolute Gasteiger partial charge is 0.468 e. The van der Waals surface area contributed by atoms with Crippen LogP contribution in [0.5, 0.6) is 0 Å². The first kappa shape index (κ1) is 13.6. The molecule has 1 saturated heterocycles. The molecule has 0 radical (unpaired) electrons. The Balaban J connectivity index is 2.01. The molecule has 0 amide bonds. The van der Waals surface area contributed by atoms with Gasteiger partial charge in [0.25, 0.3) is 0 Å². The van der Waals surface area contributed by atoms with Gasteiger partial charge in [0.15, 0.2) is 0 Å². The van der Waals surface area contributed by atoms with Gasteiger partial charge >= 0.3 is 0 Å². The maximum Gasteiger partial charge on any atom is 0.118 e. The molecule has 1 aromatic heterocycles. The van der Waals surface area contributed by atoms with Crippen molar-refractivity contribution < 1.29 is 4.42 Å². The zero-order valence-corrected chi connectivity index (χ0v) is 11.6. The highest BCUT2D eigenvalue weighted by Crippen LogP contribution is 2.17. The van der Waals surface area contributed by atoms with Crippen LogP contribution >= 0.6 is 0 Å². The Morgan fingerprint density at radius 2 is 2.28 bits per heavy atom. The monoisotopic (exact) mass is 251 g/mol. The summed E-state index contributed by atoms with van der Waals surface area (Å²) in [5, 5.41) is 0. The molecule has 1 aliphatic rings. The van der Waals surface area contributed by atoms with Crippen LogP contribution < -0.4 is 5.73 Å². The minimum atomic E-state index is 0.559. The number of rotatable bonds is 4. The van der Waals surface area contributed by atoms with Crippen LogP contribution in [0.4, 0.5) is 0 Å². The third-order valence-corrected chi connectivity index (χ3v) is 3.80. The van der Waals surface area contributed by atoms with Crippen molar-refractivity contribution in [3.8, 4) is 0 Å². The van der Waals surface area contributed by atoms with Gasteiger partial charge in [-0.2, -0.15) is 0 Å². The van der Waals surface area contributed by atoms with Crippen molar-refractivity contribution >= 4 is 0 Å². The summed E-state index contributed by atoms with van der Waals surface area (Å²) >= 11 is 0. The van der Waals surface area contributed by atoms with E-state index in [4.69, 9.17) is 10.2 Å². The molecule has 0 saturated carbocycles. The Labute approximate surface area is 110 Å². The number of furan rings is 1. The fraction of sp³-hybridized carbons (Fsp3) is 0.714. The van der Waals surface area contributed by atoms with Crippen LogP contribution in [0.25, 0.3) is 0 Å². The first-order valence-corrected chi connectivity index (χ1v) is 6.92. The smallest absolute Gasteiger partial charge is 0.118 e. The fourth-order valence-corrected chi connectivity index (χ4v) is 2.70. The third kappa shape index (κ3) is 3.34. The van der Waals surface area contributed by atoms with Gasteiger partial charge < -0.3 is 15.1 Å². The van der Waals surface area contributed by atoms with Gasteiger partial charge in [-0.15, -0.1) is 0 Å². The van der Waals surface area contributed by atoms with Crippen molar-refractivity contribution in [3.05, 3.63) is 23.7 Å². The molecule has 4 nitrogen and oxygen atoms in total. The van der Waals surface area contributed by atoms with E-state index in [1.807, 2.05) is 0 Å². The second-order valence-corrected chi connectivity index (χ2v) is 5.27. The van der Waals surface area contributed by atoms with Crippen LogP contribution in [-0.4, -0.2) is 42.5 Å². The van der Waals surface area contributed by atoms with Crippen molar-refractivity contribution in [2.24, 2.45) is 5.73 Å². The van der Waals surface area contributed by atoms with E-state index < -0.39 is 0 Å². The lowest BCUT2D eigenvalue weighted by molar-refractivity contribution is 0.164. The minimum Gasteiger partial charge on any atom is -0.468 e. The summed E-state index contributed by atoms with van der Waals surface area (Å²) in [5.74, 6) is 1.04. The van der Waals surface area contributed by atoms with Crippen LogP contribution in [0.1, 0.15) is 31.1 Å². The van der Waals surface area contributed by atoms with E-state index in [0.717, 1.165) is 31.0 Å². The van der Waals surface area contributed by atoms with Crippen LogP contribution in [0.15, 0.2) is 16.7 Å². The molecule has 1 unspecified atom stereocenters. The van der Waals surface area contributed by atoms with Crippen molar-refractivity contribution in [2.75, 3.05) is 26.7 Å². The van der Waals surface area contributed by atoms with E-state index in [-0.39, 0.29) is 0 Å². The zero-order valence-electron chi connectivity index (χ0n) is 11.6. The van der Waals surface area contributed by atoms with Gasteiger partial charge in [-0.3, -0.25) is 4.90 Å². The maximum atomic E-state index is 5.61. The number of likely N-dealkylation sites (N-methyl/N-ethyl adjacent to an activating group) is 1. The lowest BCUT2D eigenvalue weighted by Gasteiger charge is -2.29. The third-order valence-electron chi connectivity index (χ3n) is 3.80. The second kappa shape index (κ2) is 6.36. The van der Waals surface area contributed by atoms with Crippen molar-refractivity contribution in [3.63, 3.8) is 0 Å². The standard InChI is InChI=1S/C14H25N3O/c1-3-13-9-16(2)5-4-6-17(13)10-14-7-12(8-15)11-18-14/h7,11,13H,3-6,8-10,15H2,1-2H3. The van der Waals surface area contributed by atoms with Gasteiger partial charge in [0.1, 0.15) is 5.76 Å². The molecule has 2 heterocycles. The second-order valence-electron chi connectivity index (χ2n) is 5.27. The Morgan fingerprint density at radius 3 is 2.94 bits per heavy atom. The molecule has 1 atom stereocenters. The van der Waals surface area contributed by atoms with E-state index in [1.165, 1.54) is 19.4 Å². The van der Waals surface area contributed by atoms with Gasteiger partial charge in [-0.1, -0.05) is 6.92 Å². The number of hydrogen-bond donors (Lipinski definition) is 1. The van der Waals surface area contributed by atoms with E-state index in [2.05, 4.69) is 29.8 Å². The molecule has 0 spiro atoms. The topological polar surface area (TPSA) is 45.6 Å². The molecule has 18 heavy (non-hydrogen) atoms. The first-order chi connectivity index (χ1) is 8.72. The van der Waals surface area contributed by atoms with Gasteiger partial charge in [-0.05, 0) is 32.5 Å². The average Bonchev–Trinajstić information content (AvgIpc) is 2.74. The molecule has 2 N–H and O–H groups in total. The maximum absolute atomic E-state index is 5.61. The highest BCUT2D eigenvalue weighted by molar-refractivity contribution is 5.12. The Kier molecular flexibility index (Phi) is 4.80. The van der Waals surface area contributed by atoms with Crippen molar-refractivity contribution in [1.29, 1.82) is 0 Å². The number of nitrogens with zero attached hydrogens (tertiary/aromatic N) is 2. The first-order valence-electron chi connectivity index (χ1n) is 6.92. The highest BCUT2D eigenvalue weighted by Gasteiger charge is 2.22. The van der Waals surface area contributed by atoms with E-state index in [9.17, 15) is 0 Å². The van der Waals surface area contributed by atoms with Gasteiger partial charge in [0.2, 0.25) is 0 Å². The van der Waals surface area contributed by atoms with Gasteiger partial charge in [-0.25, -0.2) is 0 Å². The summed E-state index contributed by atoms with van der Waals surface area (Å²) in [6.07, 6.45) is 4.20. The summed E-state index contributed by atoms with van der Waals surface area (Å²) in [7, 11) is 2.21. The molecule has 0 bridgehead atoms. The van der Waals surface area contributed by atoms with Crippen LogP contribution in [0.3, 0.4) is 0 Å². The molecule has 102 valence electrons. The van der Waals surface area contributed by atoms with Crippen molar-refractivity contribution in [1.82, 2.24) is 9.80 Å². The molecule has 0 aromatic carbocycles. The Bertz CT molecular complexity index is 364. The number of nitrogens with two attached hydrogens (primary N) is 1. The van der Waals surface area contributed by atoms with Crippen LogP contribution in [0.2, 0.25) is 0 Å². The van der Waals surface area contributed by atoms with Crippen LogP contribution in [-0.2, 0) is 13.1 Å². The summed E-state index contributed by atoms with van der Waals surface area (Å²) in [6.45, 7) is 7.24. The molecule has 1 aliphatic heterocycles. The Morgan fingerprint density at radius 1 is 1.44 bits per heavy atom. The summed E-state index contributed by atoms with van der Waals surface area (Å²) in [5.41, 5.74) is 6.70. The highest BCUT2D eigenvalue weighted by atomic mass is 16.3. The summed E-state index contributed by atoms with van der Waals surface area (Å²) in [4.78, 5) is 4.98. The predicted octanol–water partition coefficient (Wildman–Crippen LogP) is 1.65. The molecule has 0 aliphatic carbocycles. The zero-order chi connectivity index (χ0) is 13.0. The lowest BCUT2D eigenvalue weighted by Crippen LogP contribution is -2.39. The van der Waals surface area contributed by atoms with E-state index in [0.29, 0.717) is 12.6 Å². The van der Waals surface area contributed by atoms with E-state index in [1.54, 1.807) is 6.26 Å². The average molecular weight is 251 g/mol. The molecule has 1 aromatic rings. The minimum absolute atomic E-state index is 0.559. The van der Waals surface area contributed by atoms with Gasteiger partial charge in [0, 0.05) is 31.2 Å². The number of hydrogen-bond acceptors (Lipinski definition) is 4. The molecule has 4 heteroatoms. The lowest BCUT2D eigenvalue weighted by atomic mass is 10.1. The molecule has 2 rings (SSSR count).